The van der Waals surface area contributed by atoms with E-state index in [0.717, 1.165) is 14.9 Å². The van der Waals surface area contributed by atoms with Crippen LogP contribution in [0.15, 0.2) is 29.1 Å². The van der Waals surface area contributed by atoms with Crippen molar-refractivity contribution < 1.29 is 14.3 Å². The molecular formula is C16H16BrN5O3S. The molecule has 0 fully saturated rings. The van der Waals surface area contributed by atoms with Gasteiger partial charge in [0, 0.05) is 17.3 Å². The summed E-state index contributed by atoms with van der Waals surface area (Å²) >= 11 is 4.66. The van der Waals surface area contributed by atoms with Gasteiger partial charge in [-0.05, 0) is 41.4 Å². The second-order valence-electron chi connectivity index (χ2n) is 5.51. The summed E-state index contributed by atoms with van der Waals surface area (Å²) in [5, 5.41) is 11.6. The first-order chi connectivity index (χ1) is 12.4. The zero-order valence-electron chi connectivity index (χ0n) is 14.3. The van der Waals surface area contributed by atoms with Gasteiger partial charge in [-0.3, -0.25) is 9.48 Å². The maximum Gasteiger partial charge on any atom is 0.341 e. The quantitative estimate of drug-likeness (QED) is 0.619. The van der Waals surface area contributed by atoms with Crippen molar-refractivity contribution in [3.05, 3.63) is 50.8 Å². The molecular weight excluding hydrogens is 422 g/mol. The van der Waals surface area contributed by atoms with Gasteiger partial charge in [-0.2, -0.15) is 10.2 Å². The van der Waals surface area contributed by atoms with Crippen LogP contribution in [0.3, 0.4) is 0 Å². The van der Waals surface area contributed by atoms with Crippen LogP contribution in [0, 0.1) is 13.8 Å². The summed E-state index contributed by atoms with van der Waals surface area (Å²) in [6, 6.07) is 1.61. The Kier molecular flexibility index (Phi) is 5.23. The number of carbonyl (C=O) groups is 2. The molecule has 0 atom stereocenters. The van der Waals surface area contributed by atoms with Crippen molar-refractivity contribution in [2.45, 2.75) is 20.5 Å². The lowest BCUT2D eigenvalue weighted by Crippen LogP contribution is -2.16. The lowest BCUT2D eigenvalue weighted by Gasteiger charge is -2.05. The Morgan fingerprint density at radius 2 is 2.12 bits per heavy atom. The first-order valence-electron chi connectivity index (χ1n) is 7.60. The Morgan fingerprint density at radius 3 is 2.77 bits per heavy atom. The predicted molar refractivity (Wildman–Crippen MR) is 101 cm³/mol. The number of anilines is 1. The zero-order valence-corrected chi connectivity index (χ0v) is 16.7. The van der Waals surface area contributed by atoms with Crippen molar-refractivity contribution in [3.63, 3.8) is 0 Å². The predicted octanol–water partition coefficient (Wildman–Crippen LogP) is 3.07. The highest BCUT2D eigenvalue weighted by Crippen LogP contribution is 2.33. The Balaban J connectivity index is 1.77. The molecule has 1 N–H and O–H groups in total. The summed E-state index contributed by atoms with van der Waals surface area (Å²) in [6.45, 7) is 4.09. The summed E-state index contributed by atoms with van der Waals surface area (Å²) in [5.74, 6) is -0.867. The maximum atomic E-state index is 12.5. The number of ether oxygens (including phenoxy) is 1. The summed E-state index contributed by atoms with van der Waals surface area (Å²) < 4.78 is 8.95. The molecule has 0 radical (unpaired) electrons. The van der Waals surface area contributed by atoms with Gasteiger partial charge in [0.05, 0.1) is 23.3 Å². The van der Waals surface area contributed by atoms with Crippen LogP contribution >= 0.6 is 27.3 Å². The number of nitrogens with zero attached hydrogens (tertiary/aromatic N) is 4. The SMILES string of the molecule is COC(=O)c1c(NC(=O)c2ccn(Cn3cc(Br)cn3)n2)sc(C)c1C. The molecule has 3 aromatic rings. The Morgan fingerprint density at radius 1 is 1.35 bits per heavy atom. The molecule has 0 aliphatic rings. The van der Waals surface area contributed by atoms with Crippen LogP contribution in [0.4, 0.5) is 5.00 Å². The molecule has 3 rings (SSSR count). The van der Waals surface area contributed by atoms with Crippen LogP contribution in [0.2, 0.25) is 0 Å². The van der Waals surface area contributed by atoms with E-state index >= 15 is 0 Å². The van der Waals surface area contributed by atoms with Gasteiger partial charge in [-0.1, -0.05) is 0 Å². The van der Waals surface area contributed by atoms with Crippen LogP contribution < -0.4 is 5.32 Å². The molecule has 1 amide bonds. The number of nitrogens with one attached hydrogen (secondary N) is 1. The van der Waals surface area contributed by atoms with Crippen LogP contribution in [-0.4, -0.2) is 38.5 Å². The molecule has 0 saturated heterocycles. The van der Waals surface area contributed by atoms with E-state index in [-0.39, 0.29) is 5.69 Å². The fourth-order valence-corrected chi connectivity index (χ4v) is 3.73. The topological polar surface area (TPSA) is 91.0 Å². The molecule has 0 bridgehead atoms. The second kappa shape index (κ2) is 7.42. The van der Waals surface area contributed by atoms with Crippen LogP contribution in [-0.2, 0) is 11.4 Å². The van der Waals surface area contributed by atoms with Gasteiger partial charge < -0.3 is 10.1 Å². The van der Waals surface area contributed by atoms with Crippen LogP contribution in [0.25, 0.3) is 0 Å². The number of esters is 1. The Hall–Kier alpha value is -2.46. The molecule has 0 aliphatic carbocycles. The van der Waals surface area contributed by atoms with Gasteiger partial charge >= 0.3 is 5.97 Å². The number of methoxy groups -OCH3 is 1. The monoisotopic (exact) mass is 437 g/mol. The van der Waals surface area contributed by atoms with Crippen molar-refractivity contribution in [1.82, 2.24) is 19.6 Å². The number of aryl methyl sites for hydroxylation is 1. The minimum absolute atomic E-state index is 0.246. The zero-order chi connectivity index (χ0) is 18.8. The van der Waals surface area contributed by atoms with Crippen molar-refractivity contribution >= 4 is 44.1 Å². The van der Waals surface area contributed by atoms with Crippen LogP contribution in [0.5, 0.6) is 0 Å². The fraction of sp³-hybridized carbons (Fsp3) is 0.250. The lowest BCUT2D eigenvalue weighted by atomic mass is 10.1. The third-order valence-electron chi connectivity index (χ3n) is 3.77. The summed E-state index contributed by atoms with van der Waals surface area (Å²) in [6.07, 6.45) is 5.17. The highest BCUT2D eigenvalue weighted by molar-refractivity contribution is 9.10. The van der Waals surface area contributed by atoms with E-state index in [1.165, 1.54) is 18.4 Å². The van der Waals surface area contributed by atoms with Gasteiger partial charge in [-0.15, -0.1) is 11.3 Å². The molecule has 136 valence electrons. The summed E-state index contributed by atoms with van der Waals surface area (Å²) in [7, 11) is 1.32. The first kappa shape index (κ1) is 18.3. The van der Waals surface area contributed by atoms with E-state index in [9.17, 15) is 9.59 Å². The number of amides is 1. The second-order valence-corrected chi connectivity index (χ2v) is 7.65. The average Bonchev–Trinajstić information content (AvgIpc) is 3.29. The number of thiophene rings is 1. The van der Waals surface area contributed by atoms with E-state index in [1.54, 1.807) is 34.0 Å². The normalized spacial score (nSPS) is 10.8. The van der Waals surface area contributed by atoms with Crippen molar-refractivity contribution in [3.8, 4) is 0 Å². The van der Waals surface area contributed by atoms with Gasteiger partial charge in [0.15, 0.2) is 5.69 Å². The van der Waals surface area contributed by atoms with Crippen LogP contribution in [0.1, 0.15) is 31.3 Å². The van der Waals surface area contributed by atoms with E-state index in [2.05, 4.69) is 31.4 Å². The third-order valence-corrected chi connectivity index (χ3v) is 5.30. The largest absolute Gasteiger partial charge is 0.465 e. The Bertz CT molecular complexity index is 975. The average molecular weight is 438 g/mol. The molecule has 0 unspecified atom stereocenters. The molecule has 26 heavy (non-hydrogen) atoms. The molecule has 0 aromatic carbocycles. The number of carbonyl (C=O) groups excluding carboxylic acids is 2. The summed E-state index contributed by atoms with van der Waals surface area (Å²) in [5.41, 5.74) is 1.42. The van der Waals surface area contributed by atoms with E-state index < -0.39 is 11.9 Å². The first-order valence-corrected chi connectivity index (χ1v) is 9.21. The third kappa shape index (κ3) is 3.70. The minimum atomic E-state index is -0.475. The van der Waals surface area contributed by atoms with Gasteiger partial charge in [0.25, 0.3) is 5.91 Å². The molecule has 8 nitrogen and oxygen atoms in total. The maximum absolute atomic E-state index is 12.5. The molecule has 3 heterocycles. The smallest absolute Gasteiger partial charge is 0.341 e. The number of hydrogen-bond donors (Lipinski definition) is 1. The number of halogens is 1. The highest BCUT2D eigenvalue weighted by atomic mass is 79.9. The summed E-state index contributed by atoms with van der Waals surface area (Å²) in [4.78, 5) is 25.4. The minimum Gasteiger partial charge on any atom is -0.465 e. The molecule has 10 heteroatoms. The van der Waals surface area contributed by atoms with Gasteiger partial charge in [0.2, 0.25) is 0 Å². The van der Waals surface area contributed by atoms with E-state index in [4.69, 9.17) is 4.74 Å². The molecule has 0 spiro atoms. The molecule has 3 aromatic heterocycles. The number of hydrogen-bond acceptors (Lipinski definition) is 6. The van der Waals surface area contributed by atoms with Gasteiger partial charge in [-0.25, -0.2) is 9.48 Å². The van der Waals surface area contributed by atoms with Crippen molar-refractivity contribution in [2.24, 2.45) is 0 Å². The Labute approximate surface area is 161 Å². The van der Waals surface area contributed by atoms with Crippen molar-refractivity contribution in [2.75, 3.05) is 12.4 Å². The lowest BCUT2D eigenvalue weighted by molar-refractivity contribution is 0.0601. The standard InChI is InChI=1S/C16H16BrN5O3S/c1-9-10(2)26-15(13(9)16(24)25-3)19-14(23)12-4-5-21(20-12)8-22-7-11(17)6-18-22/h4-7H,8H2,1-3H3,(H,19,23). The fourth-order valence-electron chi connectivity index (χ4n) is 2.36. The number of rotatable bonds is 5. The van der Waals surface area contributed by atoms with Crippen molar-refractivity contribution in [1.29, 1.82) is 0 Å². The van der Waals surface area contributed by atoms with Gasteiger partial charge in [0.1, 0.15) is 11.7 Å². The van der Waals surface area contributed by atoms with E-state index in [1.807, 2.05) is 13.8 Å². The van der Waals surface area contributed by atoms with E-state index in [0.29, 0.717) is 17.2 Å². The number of aromatic nitrogens is 4. The highest BCUT2D eigenvalue weighted by Gasteiger charge is 2.22. The molecule has 0 saturated carbocycles. The molecule has 0 aliphatic heterocycles.